The van der Waals surface area contributed by atoms with Crippen molar-refractivity contribution < 1.29 is 32.1 Å². The van der Waals surface area contributed by atoms with E-state index >= 15 is 0 Å². The zero-order valence-electron chi connectivity index (χ0n) is 13.8. The second kappa shape index (κ2) is 7.91. The number of hydrogen-bond donors (Lipinski definition) is 1. The number of hydrogen-bond acceptors (Lipinski definition) is 7. The molecule has 1 amide bonds. The summed E-state index contributed by atoms with van der Waals surface area (Å²) in [7, 11) is -3.87. The first-order valence-corrected chi connectivity index (χ1v) is 9.18. The van der Waals surface area contributed by atoms with Crippen LogP contribution in [0.1, 0.15) is 10.4 Å². The van der Waals surface area contributed by atoms with E-state index in [2.05, 4.69) is 5.32 Å². The molecule has 0 unspecified atom stereocenters. The minimum Gasteiger partial charge on any atom is -0.452 e. The van der Waals surface area contributed by atoms with Crippen LogP contribution in [0.4, 0.5) is 15.8 Å². The Morgan fingerprint density at radius 3 is 2.52 bits per heavy atom. The first-order chi connectivity index (χ1) is 12.6. The molecule has 9 nitrogen and oxygen atoms in total. The van der Waals surface area contributed by atoms with E-state index in [1.165, 1.54) is 18.2 Å². The smallest absolute Gasteiger partial charge is 0.338 e. The molecule has 0 saturated heterocycles. The average molecular weight is 396 g/mol. The van der Waals surface area contributed by atoms with Crippen LogP contribution in [0.3, 0.4) is 0 Å². The first kappa shape index (κ1) is 20.0. The number of sulfone groups is 1. The van der Waals surface area contributed by atoms with Gasteiger partial charge >= 0.3 is 5.97 Å². The molecule has 142 valence electrons. The third-order valence-electron chi connectivity index (χ3n) is 3.23. The fourth-order valence-electron chi connectivity index (χ4n) is 2.08. The predicted octanol–water partition coefficient (Wildman–Crippen LogP) is 1.93. The lowest BCUT2D eigenvalue weighted by atomic mass is 10.2. The zero-order valence-corrected chi connectivity index (χ0v) is 14.7. The molecule has 27 heavy (non-hydrogen) atoms. The van der Waals surface area contributed by atoms with Crippen molar-refractivity contribution >= 4 is 33.1 Å². The van der Waals surface area contributed by atoms with Crippen LogP contribution >= 0.6 is 0 Å². The molecule has 0 aromatic heterocycles. The van der Waals surface area contributed by atoms with E-state index in [9.17, 15) is 32.5 Å². The van der Waals surface area contributed by atoms with Gasteiger partial charge in [0.1, 0.15) is 10.7 Å². The van der Waals surface area contributed by atoms with Crippen molar-refractivity contribution in [3.8, 4) is 0 Å². The molecule has 0 heterocycles. The molecule has 2 aromatic carbocycles. The molecule has 0 spiro atoms. The quantitative estimate of drug-likeness (QED) is 0.448. The van der Waals surface area contributed by atoms with E-state index in [1.807, 2.05) is 0 Å². The van der Waals surface area contributed by atoms with Crippen LogP contribution in [0, 0.1) is 15.9 Å². The lowest BCUT2D eigenvalue weighted by molar-refractivity contribution is -0.387. The number of rotatable bonds is 6. The highest BCUT2D eigenvalue weighted by Crippen LogP contribution is 2.25. The molecule has 0 fully saturated rings. The number of nitro groups is 1. The lowest BCUT2D eigenvalue weighted by Crippen LogP contribution is -2.21. The van der Waals surface area contributed by atoms with E-state index in [-0.39, 0.29) is 11.3 Å². The fourth-order valence-corrected chi connectivity index (χ4v) is 2.91. The monoisotopic (exact) mass is 396 g/mol. The lowest BCUT2D eigenvalue weighted by Gasteiger charge is -2.07. The second-order valence-corrected chi connectivity index (χ2v) is 7.33. The number of halogens is 1. The topological polar surface area (TPSA) is 133 Å². The standard InChI is InChI=1S/C16H13FN2O7S/c1-27(24,25)14-6-5-10(7-13(14)19(22)23)16(21)26-9-15(20)18-12-4-2-3-11(17)8-12/h2-8H,9H2,1H3,(H,18,20). The Morgan fingerprint density at radius 2 is 1.93 bits per heavy atom. The normalized spacial score (nSPS) is 10.9. The summed E-state index contributed by atoms with van der Waals surface area (Å²) in [4.78, 5) is 33.2. The molecule has 0 bridgehead atoms. The van der Waals surface area contributed by atoms with E-state index in [4.69, 9.17) is 4.74 Å². The summed E-state index contributed by atoms with van der Waals surface area (Å²) in [6, 6.07) is 7.75. The van der Waals surface area contributed by atoms with Gasteiger partial charge in [0.2, 0.25) is 0 Å². The number of anilines is 1. The summed E-state index contributed by atoms with van der Waals surface area (Å²) in [5, 5.41) is 13.3. The number of ether oxygens (including phenoxy) is 1. The van der Waals surface area contributed by atoms with Gasteiger partial charge in [0, 0.05) is 18.0 Å². The van der Waals surface area contributed by atoms with E-state index in [0.717, 1.165) is 30.5 Å². The number of esters is 1. The molecule has 2 aromatic rings. The van der Waals surface area contributed by atoms with Crippen LogP contribution < -0.4 is 5.32 Å². The molecule has 0 atom stereocenters. The van der Waals surface area contributed by atoms with Crippen molar-refractivity contribution in [1.29, 1.82) is 0 Å². The Kier molecular flexibility index (Phi) is 5.85. The van der Waals surface area contributed by atoms with Gasteiger partial charge in [-0.2, -0.15) is 0 Å². The van der Waals surface area contributed by atoms with Crippen LogP contribution in [0.25, 0.3) is 0 Å². The van der Waals surface area contributed by atoms with E-state index in [0.29, 0.717) is 0 Å². The predicted molar refractivity (Wildman–Crippen MR) is 91.5 cm³/mol. The van der Waals surface area contributed by atoms with Crippen LogP contribution in [-0.4, -0.2) is 38.1 Å². The van der Waals surface area contributed by atoms with Crippen molar-refractivity contribution in [2.75, 3.05) is 18.2 Å². The van der Waals surface area contributed by atoms with Gasteiger partial charge in [-0.15, -0.1) is 0 Å². The van der Waals surface area contributed by atoms with Crippen LogP contribution in [0.15, 0.2) is 47.4 Å². The number of benzene rings is 2. The van der Waals surface area contributed by atoms with Crippen molar-refractivity contribution in [2.45, 2.75) is 4.90 Å². The maximum Gasteiger partial charge on any atom is 0.338 e. The van der Waals surface area contributed by atoms with Gasteiger partial charge in [0.05, 0.1) is 10.5 Å². The van der Waals surface area contributed by atoms with Crippen LogP contribution in [0.5, 0.6) is 0 Å². The second-order valence-electron chi connectivity index (χ2n) is 5.35. The Labute approximate surface area is 152 Å². The number of amides is 1. The summed E-state index contributed by atoms with van der Waals surface area (Å²) in [6.45, 7) is -0.725. The average Bonchev–Trinajstić information content (AvgIpc) is 2.58. The van der Waals surface area contributed by atoms with E-state index in [1.54, 1.807) is 0 Å². The van der Waals surface area contributed by atoms with Gasteiger partial charge in [-0.1, -0.05) is 6.07 Å². The summed E-state index contributed by atoms with van der Waals surface area (Å²) in [5.74, 6) is -2.38. The maximum atomic E-state index is 13.0. The highest BCUT2D eigenvalue weighted by atomic mass is 32.2. The van der Waals surface area contributed by atoms with Gasteiger partial charge in [-0.25, -0.2) is 17.6 Å². The molecule has 0 aliphatic rings. The van der Waals surface area contributed by atoms with E-state index < -0.39 is 49.6 Å². The van der Waals surface area contributed by atoms with Gasteiger partial charge in [-0.05, 0) is 30.3 Å². The van der Waals surface area contributed by atoms with Crippen molar-refractivity contribution in [3.05, 3.63) is 64.0 Å². The SMILES string of the molecule is CS(=O)(=O)c1ccc(C(=O)OCC(=O)Nc2cccc(F)c2)cc1[N+](=O)[O-]. The van der Waals surface area contributed by atoms with Gasteiger partial charge in [0.15, 0.2) is 16.4 Å². The van der Waals surface area contributed by atoms with Gasteiger partial charge in [0.25, 0.3) is 11.6 Å². The number of carbonyl (C=O) groups excluding carboxylic acids is 2. The molecule has 0 aliphatic carbocycles. The van der Waals surface area contributed by atoms with Gasteiger partial charge < -0.3 is 10.1 Å². The Hall–Kier alpha value is -3.34. The van der Waals surface area contributed by atoms with Crippen molar-refractivity contribution in [2.24, 2.45) is 0 Å². The number of nitrogens with zero attached hydrogens (tertiary/aromatic N) is 1. The van der Waals surface area contributed by atoms with Crippen LogP contribution in [0.2, 0.25) is 0 Å². The zero-order chi connectivity index (χ0) is 20.2. The molecule has 0 aliphatic heterocycles. The summed E-state index contributed by atoms with van der Waals surface area (Å²) in [6.07, 6.45) is 0.796. The number of nitrogens with one attached hydrogen (secondary N) is 1. The highest BCUT2D eigenvalue weighted by molar-refractivity contribution is 7.90. The summed E-state index contributed by atoms with van der Waals surface area (Å²) in [5.41, 5.74) is -0.923. The third-order valence-corrected chi connectivity index (χ3v) is 4.38. The molecular weight excluding hydrogens is 383 g/mol. The fraction of sp³-hybridized carbons (Fsp3) is 0.125. The molecule has 0 radical (unpaired) electrons. The number of carbonyl (C=O) groups is 2. The minimum atomic E-state index is -3.87. The molecule has 2 rings (SSSR count). The molecular formula is C16H13FN2O7S. The first-order valence-electron chi connectivity index (χ1n) is 7.29. The molecule has 0 saturated carbocycles. The van der Waals surface area contributed by atoms with Crippen molar-refractivity contribution in [3.63, 3.8) is 0 Å². The van der Waals surface area contributed by atoms with Crippen molar-refractivity contribution in [1.82, 2.24) is 0 Å². The molecule has 11 heteroatoms. The summed E-state index contributed by atoms with van der Waals surface area (Å²) < 4.78 is 40.9. The largest absolute Gasteiger partial charge is 0.452 e. The maximum absolute atomic E-state index is 13.0. The number of nitro benzene ring substituents is 1. The third kappa shape index (κ3) is 5.31. The van der Waals surface area contributed by atoms with Crippen LogP contribution in [-0.2, 0) is 19.4 Å². The summed E-state index contributed by atoms with van der Waals surface area (Å²) >= 11 is 0. The Balaban J connectivity index is 2.08. The highest BCUT2D eigenvalue weighted by Gasteiger charge is 2.24. The van der Waals surface area contributed by atoms with Gasteiger partial charge in [-0.3, -0.25) is 14.9 Å². The Morgan fingerprint density at radius 1 is 1.22 bits per heavy atom. The Bertz CT molecular complexity index is 1020. The minimum absolute atomic E-state index is 0.157. The molecule has 1 N–H and O–H groups in total.